The average Bonchev–Trinajstić information content (AvgIpc) is 3.02. The molecule has 0 aliphatic carbocycles. The van der Waals surface area contributed by atoms with Crippen molar-refractivity contribution in [1.29, 1.82) is 0 Å². The molecule has 0 atom stereocenters. The molecule has 1 fully saturated rings. The molecular weight excluding hydrogens is 470 g/mol. The highest BCUT2D eigenvalue weighted by atomic mass is 35.5. The molecular formula is C23H20ClNO7S. The Kier molecular flexibility index (Phi) is 7.78. The fraction of sp³-hybridized carbons (Fsp3) is 0.217. The molecule has 0 radical (unpaired) electrons. The normalized spacial score (nSPS) is 14.7. The van der Waals surface area contributed by atoms with E-state index in [0.29, 0.717) is 28.6 Å². The first-order valence-electron chi connectivity index (χ1n) is 9.78. The molecule has 1 heterocycles. The topological polar surface area (TPSA) is 99.2 Å². The van der Waals surface area contributed by atoms with Crippen molar-refractivity contribution in [3.8, 4) is 11.5 Å². The van der Waals surface area contributed by atoms with Gasteiger partial charge in [0, 0.05) is 0 Å². The maximum atomic E-state index is 12.5. The van der Waals surface area contributed by atoms with Crippen molar-refractivity contribution in [3.63, 3.8) is 0 Å². The lowest BCUT2D eigenvalue weighted by Crippen LogP contribution is -2.35. The lowest BCUT2D eigenvalue weighted by Gasteiger charge is -2.13. The van der Waals surface area contributed by atoms with Gasteiger partial charge in [0.1, 0.15) is 18.0 Å². The molecule has 1 aliphatic rings. The van der Waals surface area contributed by atoms with Crippen molar-refractivity contribution in [2.45, 2.75) is 20.0 Å². The van der Waals surface area contributed by atoms with E-state index in [4.69, 9.17) is 25.8 Å². The Morgan fingerprint density at radius 1 is 1.12 bits per heavy atom. The van der Waals surface area contributed by atoms with Crippen LogP contribution in [0.15, 0.2) is 47.4 Å². The summed E-state index contributed by atoms with van der Waals surface area (Å²) in [6.07, 6.45) is 1.12. The van der Waals surface area contributed by atoms with E-state index in [2.05, 4.69) is 0 Å². The number of imide groups is 1. The quantitative estimate of drug-likeness (QED) is 0.317. The van der Waals surface area contributed by atoms with Crippen LogP contribution in [0.4, 0.5) is 4.79 Å². The van der Waals surface area contributed by atoms with Crippen LogP contribution in [-0.4, -0.2) is 47.7 Å². The minimum absolute atomic E-state index is 0.136. The van der Waals surface area contributed by atoms with Crippen LogP contribution in [0.1, 0.15) is 29.8 Å². The molecule has 0 N–H and O–H groups in total. The summed E-state index contributed by atoms with van der Waals surface area (Å²) >= 11 is 6.96. The molecule has 0 spiro atoms. The first-order chi connectivity index (χ1) is 15.7. The lowest BCUT2D eigenvalue weighted by molar-refractivity contribution is -0.149. The van der Waals surface area contributed by atoms with E-state index in [1.807, 2.05) is 0 Å². The number of amides is 2. The third-order valence-electron chi connectivity index (χ3n) is 4.31. The van der Waals surface area contributed by atoms with Gasteiger partial charge in [0.25, 0.3) is 11.1 Å². The van der Waals surface area contributed by atoms with Crippen LogP contribution in [0.5, 0.6) is 11.5 Å². The van der Waals surface area contributed by atoms with Gasteiger partial charge in [0.05, 0.1) is 28.7 Å². The Morgan fingerprint density at radius 3 is 2.42 bits per heavy atom. The number of methoxy groups -OCH3 is 1. The van der Waals surface area contributed by atoms with E-state index in [-0.39, 0.29) is 21.8 Å². The first-order valence-corrected chi connectivity index (χ1v) is 11.0. The van der Waals surface area contributed by atoms with Gasteiger partial charge >= 0.3 is 11.9 Å². The van der Waals surface area contributed by atoms with Gasteiger partial charge in [0.15, 0.2) is 0 Å². The summed E-state index contributed by atoms with van der Waals surface area (Å²) in [6, 6.07) is 11.0. The fourth-order valence-corrected chi connectivity index (χ4v) is 3.86. The number of benzene rings is 2. The summed E-state index contributed by atoms with van der Waals surface area (Å²) in [5.74, 6) is -1.12. The second kappa shape index (κ2) is 10.5. The van der Waals surface area contributed by atoms with Gasteiger partial charge in [-0.1, -0.05) is 17.7 Å². The number of nitrogens with zero attached hydrogens (tertiary/aromatic N) is 1. The van der Waals surface area contributed by atoms with Crippen molar-refractivity contribution in [2.75, 3.05) is 13.7 Å². The Balaban J connectivity index is 1.70. The minimum Gasteiger partial charge on any atom is -0.497 e. The van der Waals surface area contributed by atoms with Crippen LogP contribution in [0.25, 0.3) is 6.08 Å². The third-order valence-corrected chi connectivity index (χ3v) is 5.51. The lowest BCUT2D eigenvalue weighted by atomic mass is 10.2. The van der Waals surface area contributed by atoms with Crippen LogP contribution in [0.3, 0.4) is 0 Å². The zero-order valence-electron chi connectivity index (χ0n) is 18.0. The molecule has 0 saturated carbocycles. The first kappa shape index (κ1) is 24.3. The highest BCUT2D eigenvalue weighted by molar-refractivity contribution is 8.18. The van der Waals surface area contributed by atoms with Gasteiger partial charge < -0.3 is 14.2 Å². The number of carbonyl (C=O) groups excluding carboxylic acids is 4. The number of hydrogen-bond acceptors (Lipinski definition) is 8. The maximum Gasteiger partial charge on any atom is 0.343 e. The molecule has 3 rings (SSSR count). The number of carbonyl (C=O) groups is 4. The number of hydrogen-bond donors (Lipinski definition) is 0. The Labute approximate surface area is 199 Å². The maximum absolute atomic E-state index is 12.5. The summed E-state index contributed by atoms with van der Waals surface area (Å²) < 4.78 is 15.4. The van der Waals surface area contributed by atoms with Crippen molar-refractivity contribution in [2.24, 2.45) is 0 Å². The second-order valence-electron chi connectivity index (χ2n) is 7.11. The zero-order chi connectivity index (χ0) is 24.1. The molecule has 10 heteroatoms. The summed E-state index contributed by atoms with van der Waals surface area (Å²) in [6.45, 7) is 2.89. The standard InChI is InChI=1S/C23H20ClNO7S/c1-13(2)31-20(26)12-25-21(27)19(33-23(25)29)11-14-4-9-18(17(24)10-14)32-22(28)15-5-7-16(30-3)8-6-15/h4-11,13H,12H2,1-3H3/b19-11-. The van der Waals surface area contributed by atoms with Gasteiger partial charge in [-0.2, -0.15) is 0 Å². The average molecular weight is 490 g/mol. The molecule has 0 bridgehead atoms. The van der Waals surface area contributed by atoms with Gasteiger partial charge in [0.2, 0.25) is 0 Å². The van der Waals surface area contributed by atoms with Crippen molar-refractivity contribution < 1.29 is 33.4 Å². The molecule has 2 aromatic rings. The smallest absolute Gasteiger partial charge is 0.343 e. The van der Waals surface area contributed by atoms with Gasteiger partial charge in [-0.05, 0) is 73.6 Å². The second-order valence-corrected chi connectivity index (χ2v) is 8.51. The van der Waals surface area contributed by atoms with E-state index in [0.717, 1.165) is 4.90 Å². The predicted molar refractivity (Wildman–Crippen MR) is 123 cm³/mol. The predicted octanol–water partition coefficient (Wildman–Crippen LogP) is 4.56. The van der Waals surface area contributed by atoms with Crippen LogP contribution in [0, 0.1) is 0 Å². The summed E-state index contributed by atoms with van der Waals surface area (Å²) in [4.78, 5) is 49.8. The Hall–Kier alpha value is -3.30. The summed E-state index contributed by atoms with van der Waals surface area (Å²) in [5.41, 5.74) is 0.833. The van der Waals surface area contributed by atoms with E-state index in [1.54, 1.807) is 44.2 Å². The summed E-state index contributed by atoms with van der Waals surface area (Å²) in [7, 11) is 1.52. The number of rotatable bonds is 7. The zero-order valence-corrected chi connectivity index (χ0v) is 19.6. The molecule has 1 aliphatic heterocycles. The molecule has 0 unspecified atom stereocenters. The largest absolute Gasteiger partial charge is 0.497 e. The van der Waals surface area contributed by atoms with Crippen molar-refractivity contribution in [1.82, 2.24) is 4.90 Å². The van der Waals surface area contributed by atoms with Crippen LogP contribution < -0.4 is 9.47 Å². The van der Waals surface area contributed by atoms with Gasteiger partial charge in [-0.25, -0.2) is 4.79 Å². The SMILES string of the molecule is COc1ccc(C(=O)Oc2ccc(/C=C3\SC(=O)N(CC(=O)OC(C)C)C3=O)cc2Cl)cc1. The number of halogens is 1. The number of ether oxygens (including phenoxy) is 3. The molecule has 33 heavy (non-hydrogen) atoms. The van der Waals surface area contributed by atoms with Gasteiger partial charge in [-0.15, -0.1) is 0 Å². The van der Waals surface area contributed by atoms with Crippen molar-refractivity contribution >= 4 is 52.5 Å². The fourth-order valence-electron chi connectivity index (χ4n) is 2.79. The van der Waals surface area contributed by atoms with Crippen molar-refractivity contribution in [3.05, 3.63) is 63.5 Å². The highest BCUT2D eigenvalue weighted by Crippen LogP contribution is 2.34. The van der Waals surface area contributed by atoms with E-state index < -0.39 is 29.6 Å². The summed E-state index contributed by atoms with van der Waals surface area (Å²) in [5, 5.41) is -0.423. The highest BCUT2D eigenvalue weighted by Gasteiger charge is 2.36. The Morgan fingerprint density at radius 2 is 1.82 bits per heavy atom. The van der Waals surface area contributed by atoms with E-state index >= 15 is 0 Å². The van der Waals surface area contributed by atoms with E-state index in [1.165, 1.54) is 25.3 Å². The molecule has 172 valence electrons. The van der Waals surface area contributed by atoms with E-state index in [9.17, 15) is 19.2 Å². The van der Waals surface area contributed by atoms with Crippen LogP contribution in [-0.2, 0) is 14.3 Å². The van der Waals surface area contributed by atoms with Crippen LogP contribution in [0.2, 0.25) is 5.02 Å². The number of esters is 2. The van der Waals surface area contributed by atoms with Gasteiger partial charge in [-0.3, -0.25) is 19.3 Å². The molecule has 8 nitrogen and oxygen atoms in total. The monoisotopic (exact) mass is 489 g/mol. The third kappa shape index (κ3) is 6.15. The molecule has 2 aromatic carbocycles. The minimum atomic E-state index is -0.667. The molecule has 0 aromatic heterocycles. The molecule has 2 amide bonds. The van der Waals surface area contributed by atoms with Crippen LogP contribution >= 0.6 is 23.4 Å². The Bertz CT molecular complexity index is 1130. The molecule has 1 saturated heterocycles. The number of thioether (sulfide) groups is 1.